The van der Waals surface area contributed by atoms with Crippen LogP contribution in [0, 0.1) is 20.8 Å². The number of carboxylic acid groups (broad SMARTS) is 1. The molecule has 1 amide bonds. The normalized spacial score (nSPS) is 10.7. The standard InChI is InChI=1S/C14H16N2O5/c1-7-12(9(3)21-15-7)13(17)16(4)6-10-5-11(14(18)19)8(2)20-10/h5H,6H2,1-4H3,(H,18,19). The van der Waals surface area contributed by atoms with Crippen molar-refractivity contribution in [2.24, 2.45) is 0 Å². The van der Waals surface area contributed by atoms with Gasteiger partial charge in [-0.05, 0) is 26.8 Å². The van der Waals surface area contributed by atoms with E-state index in [2.05, 4.69) is 5.16 Å². The molecule has 2 aromatic heterocycles. The van der Waals surface area contributed by atoms with Crippen molar-refractivity contribution in [3.63, 3.8) is 0 Å². The Balaban J connectivity index is 2.18. The Morgan fingerprint density at radius 3 is 2.43 bits per heavy atom. The molecule has 0 spiro atoms. The van der Waals surface area contributed by atoms with Crippen LogP contribution in [-0.4, -0.2) is 34.1 Å². The smallest absolute Gasteiger partial charge is 0.339 e. The van der Waals surface area contributed by atoms with E-state index in [4.69, 9.17) is 14.0 Å². The number of hydrogen-bond donors (Lipinski definition) is 1. The van der Waals surface area contributed by atoms with Gasteiger partial charge in [0, 0.05) is 7.05 Å². The number of amides is 1. The lowest BCUT2D eigenvalue weighted by atomic mass is 10.2. The number of carbonyl (C=O) groups excluding carboxylic acids is 1. The van der Waals surface area contributed by atoms with Gasteiger partial charge in [-0.2, -0.15) is 0 Å². The molecule has 21 heavy (non-hydrogen) atoms. The molecule has 0 saturated carbocycles. The molecular weight excluding hydrogens is 276 g/mol. The molecule has 0 fully saturated rings. The SMILES string of the molecule is Cc1noc(C)c1C(=O)N(C)Cc1cc(C(=O)O)c(C)o1. The molecule has 112 valence electrons. The molecule has 2 rings (SSSR count). The first kappa shape index (κ1) is 14.8. The summed E-state index contributed by atoms with van der Waals surface area (Å²) in [5.41, 5.74) is 1.04. The second-order valence-electron chi connectivity index (χ2n) is 4.85. The molecule has 0 aromatic carbocycles. The monoisotopic (exact) mass is 292 g/mol. The van der Waals surface area contributed by atoms with Gasteiger partial charge in [0.1, 0.15) is 28.4 Å². The first-order valence-electron chi connectivity index (χ1n) is 6.32. The summed E-state index contributed by atoms with van der Waals surface area (Å²) in [5, 5.41) is 12.7. The van der Waals surface area contributed by atoms with Gasteiger partial charge in [0.2, 0.25) is 0 Å². The van der Waals surface area contributed by atoms with Crippen molar-refractivity contribution in [3.05, 3.63) is 40.2 Å². The quantitative estimate of drug-likeness (QED) is 0.927. The molecule has 2 aromatic rings. The molecule has 0 atom stereocenters. The third kappa shape index (κ3) is 2.81. The lowest BCUT2D eigenvalue weighted by Gasteiger charge is -2.15. The summed E-state index contributed by atoms with van der Waals surface area (Å²) in [6.07, 6.45) is 0. The first-order chi connectivity index (χ1) is 9.81. The highest BCUT2D eigenvalue weighted by Crippen LogP contribution is 2.19. The number of aromatic nitrogens is 1. The number of carboxylic acids is 1. The van der Waals surface area contributed by atoms with E-state index in [1.54, 1.807) is 27.8 Å². The van der Waals surface area contributed by atoms with Crippen molar-refractivity contribution >= 4 is 11.9 Å². The Hall–Kier alpha value is -2.57. The number of carbonyl (C=O) groups is 2. The Labute approximate surface area is 121 Å². The maximum atomic E-state index is 12.3. The molecule has 0 unspecified atom stereocenters. The Morgan fingerprint density at radius 2 is 1.95 bits per heavy atom. The fourth-order valence-electron chi connectivity index (χ4n) is 2.12. The zero-order chi connectivity index (χ0) is 15.7. The molecule has 0 aliphatic rings. The van der Waals surface area contributed by atoms with E-state index in [-0.39, 0.29) is 18.0 Å². The van der Waals surface area contributed by atoms with Crippen LogP contribution in [-0.2, 0) is 6.54 Å². The van der Waals surface area contributed by atoms with Crippen molar-refractivity contribution in [3.8, 4) is 0 Å². The fourth-order valence-corrected chi connectivity index (χ4v) is 2.12. The average Bonchev–Trinajstić information content (AvgIpc) is 2.92. The van der Waals surface area contributed by atoms with Crippen LogP contribution in [0.4, 0.5) is 0 Å². The summed E-state index contributed by atoms with van der Waals surface area (Å²) in [4.78, 5) is 24.7. The zero-order valence-corrected chi connectivity index (χ0v) is 12.3. The maximum Gasteiger partial charge on any atom is 0.339 e. The summed E-state index contributed by atoms with van der Waals surface area (Å²) in [6, 6.07) is 1.43. The summed E-state index contributed by atoms with van der Waals surface area (Å²) < 4.78 is 10.3. The Bertz CT molecular complexity index is 679. The molecule has 7 heteroatoms. The lowest BCUT2D eigenvalue weighted by molar-refractivity contribution is 0.0694. The van der Waals surface area contributed by atoms with Gasteiger partial charge >= 0.3 is 5.97 Å². The molecule has 0 aliphatic heterocycles. The molecule has 1 N–H and O–H groups in total. The van der Waals surface area contributed by atoms with Crippen LogP contribution in [0.25, 0.3) is 0 Å². The largest absolute Gasteiger partial charge is 0.478 e. The number of aryl methyl sites for hydroxylation is 3. The number of hydrogen-bond acceptors (Lipinski definition) is 5. The summed E-state index contributed by atoms with van der Waals surface area (Å²) in [7, 11) is 1.60. The maximum absolute atomic E-state index is 12.3. The van der Waals surface area contributed by atoms with Gasteiger partial charge in [-0.1, -0.05) is 5.16 Å². The molecular formula is C14H16N2O5. The highest BCUT2D eigenvalue weighted by Gasteiger charge is 2.22. The molecule has 0 radical (unpaired) electrons. The van der Waals surface area contributed by atoms with E-state index in [0.717, 1.165) is 0 Å². The highest BCUT2D eigenvalue weighted by atomic mass is 16.5. The minimum atomic E-state index is -1.05. The first-order valence-corrected chi connectivity index (χ1v) is 6.32. The number of rotatable bonds is 4. The van der Waals surface area contributed by atoms with Crippen LogP contribution in [0.2, 0.25) is 0 Å². The van der Waals surface area contributed by atoms with Crippen LogP contribution in [0.3, 0.4) is 0 Å². The Morgan fingerprint density at radius 1 is 1.29 bits per heavy atom. The van der Waals surface area contributed by atoms with Gasteiger partial charge in [-0.25, -0.2) is 4.79 Å². The minimum absolute atomic E-state index is 0.100. The third-order valence-electron chi connectivity index (χ3n) is 3.19. The van der Waals surface area contributed by atoms with E-state index in [0.29, 0.717) is 28.5 Å². The molecule has 7 nitrogen and oxygen atoms in total. The van der Waals surface area contributed by atoms with Crippen molar-refractivity contribution in [2.75, 3.05) is 7.05 Å². The van der Waals surface area contributed by atoms with Gasteiger partial charge in [-0.3, -0.25) is 4.79 Å². The molecule has 0 bridgehead atoms. The highest BCUT2D eigenvalue weighted by molar-refractivity contribution is 5.96. The third-order valence-corrected chi connectivity index (χ3v) is 3.19. The van der Waals surface area contributed by atoms with Crippen LogP contribution in [0.1, 0.15) is 43.7 Å². The summed E-state index contributed by atoms with van der Waals surface area (Å²) in [5.74, 6) is -0.131. The topological polar surface area (TPSA) is 96.8 Å². The van der Waals surface area contributed by atoms with Gasteiger partial charge in [0.25, 0.3) is 5.91 Å². The molecule has 0 saturated heterocycles. The van der Waals surface area contributed by atoms with Crippen LogP contribution >= 0.6 is 0 Å². The van der Waals surface area contributed by atoms with Crippen molar-refractivity contribution in [2.45, 2.75) is 27.3 Å². The summed E-state index contributed by atoms with van der Waals surface area (Å²) >= 11 is 0. The van der Waals surface area contributed by atoms with Crippen molar-refractivity contribution < 1.29 is 23.6 Å². The lowest BCUT2D eigenvalue weighted by Crippen LogP contribution is -2.26. The minimum Gasteiger partial charge on any atom is -0.478 e. The van der Waals surface area contributed by atoms with Crippen molar-refractivity contribution in [1.29, 1.82) is 0 Å². The fraction of sp³-hybridized carbons (Fsp3) is 0.357. The van der Waals surface area contributed by atoms with Gasteiger partial charge in [-0.15, -0.1) is 0 Å². The van der Waals surface area contributed by atoms with Crippen molar-refractivity contribution in [1.82, 2.24) is 10.1 Å². The van der Waals surface area contributed by atoms with Crippen LogP contribution in [0.5, 0.6) is 0 Å². The molecule has 2 heterocycles. The number of nitrogens with zero attached hydrogens (tertiary/aromatic N) is 2. The van der Waals surface area contributed by atoms with E-state index in [1.807, 2.05) is 0 Å². The Kier molecular flexibility index (Phi) is 3.84. The van der Waals surface area contributed by atoms with E-state index in [1.165, 1.54) is 11.0 Å². The van der Waals surface area contributed by atoms with E-state index in [9.17, 15) is 9.59 Å². The van der Waals surface area contributed by atoms with E-state index < -0.39 is 5.97 Å². The van der Waals surface area contributed by atoms with Gasteiger partial charge < -0.3 is 18.9 Å². The summed E-state index contributed by atoms with van der Waals surface area (Å²) in [6.45, 7) is 5.10. The predicted octanol–water partition coefficient (Wildman–Crippen LogP) is 2.16. The van der Waals surface area contributed by atoms with E-state index >= 15 is 0 Å². The predicted molar refractivity (Wildman–Crippen MR) is 72.2 cm³/mol. The zero-order valence-electron chi connectivity index (χ0n) is 12.3. The average molecular weight is 292 g/mol. The second kappa shape index (κ2) is 5.43. The number of aromatic carboxylic acids is 1. The van der Waals surface area contributed by atoms with Crippen LogP contribution < -0.4 is 0 Å². The van der Waals surface area contributed by atoms with Gasteiger partial charge in [0.05, 0.1) is 12.2 Å². The molecule has 0 aliphatic carbocycles. The van der Waals surface area contributed by atoms with Gasteiger partial charge in [0.15, 0.2) is 0 Å². The van der Waals surface area contributed by atoms with Crippen LogP contribution in [0.15, 0.2) is 15.0 Å². The second-order valence-corrected chi connectivity index (χ2v) is 4.85. The number of furan rings is 1.